The minimum absolute atomic E-state index is 0.0756. The first-order chi connectivity index (χ1) is 13.5. The maximum Gasteiger partial charge on any atom is 0.339 e. The van der Waals surface area contributed by atoms with Gasteiger partial charge in [0.05, 0.1) is 36.5 Å². The number of esters is 1. The summed E-state index contributed by atoms with van der Waals surface area (Å²) in [5.41, 5.74) is 1.31. The minimum Gasteiger partial charge on any atom is -0.494 e. The van der Waals surface area contributed by atoms with Crippen LogP contribution in [0.5, 0.6) is 5.75 Å². The highest BCUT2D eigenvalue weighted by atomic mass is 32.2. The molecule has 0 saturated carbocycles. The Morgan fingerprint density at radius 1 is 0.929 bits per heavy atom. The van der Waals surface area contributed by atoms with Crippen molar-refractivity contribution in [2.24, 2.45) is 0 Å². The van der Waals surface area contributed by atoms with Crippen LogP contribution in [0.2, 0.25) is 0 Å². The number of nitrogens with one attached hydrogen (secondary N) is 2. The number of thioether (sulfide) groups is 1. The zero-order valence-electron chi connectivity index (χ0n) is 15.7. The van der Waals surface area contributed by atoms with Crippen molar-refractivity contribution in [3.63, 3.8) is 0 Å². The van der Waals surface area contributed by atoms with E-state index < -0.39 is 5.97 Å². The third kappa shape index (κ3) is 6.62. The topological polar surface area (TPSA) is 93.7 Å². The summed E-state index contributed by atoms with van der Waals surface area (Å²) in [6.45, 7) is 2.48. The van der Waals surface area contributed by atoms with E-state index >= 15 is 0 Å². The molecular formula is C20H22N2O5S. The Morgan fingerprint density at radius 2 is 1.57 bits per heavy atom. The number of benzene rings is 2. The van der Waals surface area contributed by atoms with E-state index in [0.29, 0.717) is 18.0 Å². The number of ether oxygens (including phenoxy) is 2. The summed E-state index contributed by atoms with van der Waals surface area (Å²) in [7, 11) is 1.28. The Bertz CT molecular complexity index is 824. The van der Waals surface area contributed by atoms with E-state index in [0.717, 1.165) is 5.75 Å². The van der Waals surface area contributed by atoms with Crippen molar-refractivity contribution in [2.45, 2.75) is 6.92 Å². The predicted octanol–water partition coefficient (Wildman–Crippen LogP) is 3.18. The molecule has 0 bridgehead atoms. The first kappa shape index (κ1) is 21.3. The van der Waals surface area contributed by atoms with E-state index in [2.05, 4.69) is 10.6 Å². The number of para-hydroxylation sites is 1. The maximum absolute atomic E-state index is 12.1. The van der Waals surface area contributed by atoms with E-state index in [9.17, 15) is 14.4 Å². The molecule has 7 nitrogen and oxygen atoms in total. The largest absolute Gasteiger partial charge is 0.494 e. The van der Waals surface area contributed by atoms with Crippen LogP contribution in [0.4, 0.5) is 11.4 Å². The van der Waals surface area contributed by atoms with Gasteiger partial charge in [0, 0.05) is 5.69 Å². The summed E-state index contributed by atoms with van der Waals surface area (Å²) in [5.74, 6) is -0.116. The van der Waals surface area contributed by atoms with Crippen LogP contribution in [0.15, 0.2) is 48.5 Å². The molecule has 148 valence electrons. The third-order valence-corrected chi connectivity index (χ3v) is 4.45. The lowest BCUT2D eigenvalue weighted by molar-refractivity contribution is -0.114. The van der Waals surface area contributed by atoms with Crippen molar-refractivity contribution in [2.75, 3.05) is 35.9 Å². The highest BCUT2D eigenvalue weighted by Gasteiger charge is 2.13. The Kier molecular flexibility index (Phi) is 8.36. The molecule has 2 aromatic rings. The summed E-state index contributed by atoms with van der Waals surface area (Å²) in [6.07, 6.45) is 0. The first-order valence-electron chi connectivity index (χ1n) is 8.61. The average molecular weight is 402 g/mol. The first-order valence-corrected chi connectivity index (χ1v) is 9.76. The quantitative estimate of drug-likeness (QED) is 0.626. The number of amides is 2. The highest BCUT2D eigenvalue weighted by Crippen LogP contribution is 2.17. The lowest BCUT2D eigenvalue weighted by atomic mass is 10.2. The van der Waals surface area contributed by atoms with Crippen LogP contribution < -0.4 is 15.4 Å². The van der Waals surface area contributed by atoms with Crippen molar-refractivity contribution in [1.29, 1.82) is 0 Å². The molecule has 2 aromatic carbocycles. The van der Waals surface area contributed by atoms with Gasteiger partial charge in [0.25, 0.3) is 0 Å². The fourth-order valence-electron chi connectivity index (χ4n) is 2.30. The van der Waals surface area contributed by atoms with Gasteiger partial charge in [-0.05, 0) is 43.3 Å². The zero-order chi connectivity index (χ0) is 20.4. The monoisotopic (exact) mass is 402 g/mol. The van der Waals surface area contributed by atoms with Crippen LogP contribution >= 0.6 is 11.8 Å². The Labute approximate surface area is 167 Å². The van der Waals surface area contributed by atoms with Crippen LogP contribution in [0.3, 0.4) is 0 Å². The summed E-state index contributed by atoms with van der Waals surface area (Å²) >= 11 is 1.17. The van der Waals surface area contributed by atoms with Crippen LogP contribution in [-0.2, 0) is 14.3 Å². The number of carbonyl (C=O) groups is 3. The van der Waals surface area contributed by atoms with Crippen molar-refractivity contribution >= 4 is 40.9 Å². The second-order valence-electron chi connectivity index (χ2n) is 5.58. The van der Waals surface area contributed by atoms with Crippen LogP contribution in [0, 0.1) is 0 Å². The highest BCUT2D eigenvalue weighted by molar-refractivity contribution is 8.00. The van der Waals surface area contributed by atoms with E-state index in [1.807, 2.05) is 6.92 Å². The van der Waals surface area contributed by atoms with Gasteiger partial charge in [0.15, 0.2) is 0 Å². The number of rotatable bonds is 9. The molecule has 0 aliphatic heterocycles. The van der Waals surface area contributed by atoms with Crippen molar-refractivity contribution in [3.8, 4) is 5.75 Å². The van der Waals surface area contributed by atoms with Gasteiger partial charge >= 0.3 is 5.97 Å². The molecule has 2 amide bonds. The Morgan fingerprint density at radius 3 is 2.21 bits per heavy atom. The standard InChI is InChI=1S/C20H22N2O5S/c1-3-27-15-10-8-14(9-11-15)21-18(23)12-28-13-19(24)22-17-7-5-4-6-16(17)20(25)26-2/h4-11H,3,12-13H2,1-2H3,(H,21,23)(H,22,24). The molecule has 0 radical (unpaired) electrons. The van der Waals surface area contributed by atoms with Gasteiger partial charge in [-0.3, -0.25) is 9.59 Å². The van der Waals surface area contributed by atoms with Gasteiger partial charge in [-0.1, -0.05) is 12.1 Å². The van der Waals surface area contributed by atoms with E-state index in [1.165, 1.54) is 18.9 Å². The molecular weight excluding hydrogens is 380 g/mol. The average Bonchev–Trinajstić information content (AvgIpc) is 2.69. The summed E-state index contributed by atoms with van der Waals surface area (Å²) in [4.78, 5) is 35.8. The van der Waals surface area contributed by atoms with E-state index in [1.54, 1.807) is 48.5 Å². The normalized spacial score (nSPS) is 10.1. The second-order valence-corrected chi connectivity index (χ2v) is 6.57. The van der Waals surface area contributed by atoms with Crippen molar-refractivity contribution < 1.29 is 23.9 Å². The SMILES string of the molecule is CCOc1ccc(NC(=O)CSCC(=O)Nc2ccccc2C(=O)OC)cc1. The van der Waals surface area contributed by atoms with Crippen LogP contribution in [0.25, 0.3) is 0 Å². The molecule has 0 spiro atoms. The van der Waals surface area contributed by atoms with Gasteiger partial charge in [0.2, 0.25) is 11.8 Å². The maximum atomic E-state index is 12.1. The minimum atomic E-state index is -0.529. The molecule has 0 heterocycles. The molecule has 8 heteroatoms. The summed E-state index contributed by atoms with van der Waals surface area (Å²) in [6, 6.07) is 13.6. The molecule has 0 aliphatic rings. The van der Waals surface area contributed by atoms with E-state index in [-0.39, 0.29) is 28.9 Å². The molecule has 2 N–H and O–H groups in total. The predicted molar refractivity (Wildman–Crippen MR) is 110 cm³/mol. The Hall–Kier alpha value is -3.00. The van der Waals surface area contributed by atoms with Gasteiger partial charge in [-0.25, -0.2) is 4.79 Å². The fraction of sp³-hybridized carbons (Fsp3) is 0.250. The number of anilines is 2. The molecule has 2 rings (SSSR count). The molecule has 0 aliphatic carbocycles. The Balaban J connectivity index is 1.77. The number of methoxy groups -OCH3 is 1. The molecule has 0 atom stereocenters. The third-order valence-electron chi connectivity index (χ3n) is 3.52. The fourth-order valence-corrected chi connectivity index (χ4v) is 2.92. The van der Waals surface area contributed by atoms with Gasteiger partial charge < -0.3 is 20.1 Å². The van der Waals surface area contributed by atoms with Gasteiger partial charge in [0.1, 0.15) is 5.75 Å². The lowest BCUT2D eigenvalue weighted by Crippen LogP contribution is -2.19. The zero-order valence-corrected chi connectivity index (χ0v) is 16.5. The van der Waals surface area contributed by atoms with E-state index in [4.69, 9.17) is 9.47 Å². The molecule has 0 aromatic heterocycles. The number of hydrogen-bond donors (Lipinski definition) is 2. The summed E-state index contributed by atoms with van der Waals surface area (Å²) in [5, 5.41) is 5.42. The van der Waals surface area contributed by atoms with Crippen LogP contribution in [0.1, 0.15) is 17.3 Å². The van der Waals surface area contributed by atoms with Crippen LogP contribution in [-0.4, -0.2) is 43.0 Å². The second kappa shape index (κ2) is 11.0. The number of hydrogen-bond acceptors (Lipinski definition) is 6. The molecule has 28 heavy (non-hydrogen) atoms. The molecule has 0 fully saturated rings. The van der Waals surface area contributed by atoms with Gasteiger partial charge in [-0.15, -0.1) is 11.8 Å². The lowest BCUT2D eigenvalue weighted by Gasteiger charge is -2.10. The summed E-state index contributed by atoms with van der Waals surface area (Å²) < 4.78 is 10.0. The molecule has 0 unspecified atom stereocenters. The van der Waals surface area contributed by atoms with Crippen molar-refractivity contribution in [1.82, 2.24) is 0 Å². The van der Waals surface area contributed by atoms with Gasteiger partial charge in [-0.2, -0.15) is 0 Å². The smallest absolute Gasteiger partial charge is 0.339 e. The number of carbonyl (C=O) groups excluding carboxylic acids is 3. The molecule has 0 saturated heterocycles. The van der Waals surface area contributed by atoms with Crippen molar-refractivity contribution in [3.05, 3.63) is 54.1 Å².